The second kappa shape index (κ2) is 7.16. The number of nitrogens with one attached hydrogen (secondary N) is 1. The van der Waals surface area contributed by atoms with E-state index in [9.17, 15) is 13.2 Å². The molecule has 10 heteroatoms. The Morgan fingerprint density at radius 3 is 2.61 bits per heavy atom. The largest absolute Gasteiger partial charge is 0.514 e. The maximum absolute atomic E-state index is 12.3. The van der Waals surface area contributed by atoms with Gasteiger partial charge in [-0.1, -0.05) is 22.9 Å². The Morgan fingerprint density at radius 1 is 1.35 bits per heavy atom. The number of anilines is 1. The van der Waals surface area contributed by atoms with Crippen LogP contribution >= 0.6 is 22.9 Å². The van der Waals surface area contributed by atoms with Crippen LogP contribution < -0.4 is 9.46 Å². The van der Waals surface area contributed by atoms with Crippen LogP contribution in [0.1, 0.15) is 12.6 Å². The van der Waals surface area contributed by atoms with Gasteiger partial charge in [0, 0.05) is 10.7 Å². The number of hydrogen-bond acceptors (Lipinski definition) is 7. The summed E-state index contributed by atoms with van der Waals surface area (Å²) >= 11 is 6.48. The van der Waals surface area contributed by atoms with E-state index in [0.29, 0.717) is 10.7 Å². The van der Waals surface area contributed by atoms with E-state index in [1.165, 1.54) is 19.1 Å². The molecule has 7 nitrogen and oxygen atoms in total. The van der Waals surface area contributed by atoms with E-state index in [2.05, 4.69) is 14.4 Å². The van der Waals surface area contributed by atoms with Crippen molar-refractivity contribution in [3.05, 3.63) is 35.0 Å². The first-order valence-corrected chi connectivity index (χ1v) is 9.10. The minimum atomic E-state index is -3.89. The number of carbonyl (C=O) groups excluding carboxylic acids is 1. The fraction of sp³-hybridized carbons (Fsp3) is 0.231. The van der Waals surface area contributed by atoms with Crippen molar-refractivity contribution in [3.63, 3.8) is 0 Å². The summed E-state index contributed by atoms with van der Waals surface area (Å²) in [6.07, 6.45) is -0.908. The highest BCUT2D eigenvalue weighted by molar-refractivity contribution is 7.94. The number of rotatable bonds is 5. The molecule has 0 fully saturated rings. The Kier molecular flexibility index (Phi) is 5.45. The third kappa shape index (κ3) is 4.57. The zero-order valence-corrected chi connectivity index (χ0v) is 14.6. The van der Waals surface area contributed by atoms with Crippen LogP contribution in [0.4, 0.5) is 10.5 Å². The molecule has 0 saturated carbocycles. The molecule has 1 aromatic carbocycles. The van der Waals surface area contributed by atoms with Gasteiger partial charge < -0.3 is 9.47 Å². The third-order valence-corrected chi connectivity index (χ3v) is 5.54. The summed E-state index contributed by atoms with van der Waals surface area (Å²) in [5.74, 6) is 0. The number of thiazole rings is 1. The molecule has 2 rings (SSSR count). The van der Waals surface area contributed by atoms with Crippen molar-refractivity contribution in [2.75, 3.05) is 11.3 Å². The highest BCUT2D eigenvalue weighted by Crippen LogP contribution is 2.31. The van der Waals surface area contributed by atoms with Gasteiger partial charge in [-0.05, 0) is 38.1 Å². The molecule has 0 radical (unpaired) electrons. The Morgan fingerprint density at radius 2 is 2.00 bits per heavy atom. The van der Waals surface area contributed by atoms with E-state index in [0.717, 1.165) is 11.3 Å². The van der Waals surface area contributed by atoms with Gasteiger partial charge in [0.2, 0.25) is 9.40 Å². The van der Waals surface area contributed by atoms with Crippen LogP contribution in [0.25, 0.3) is 0 Å². The SMILES string of the molecule is CCOC(=O)Oc1sc(S(=O)(=O)Nc2ccc(Cl)cc2)nc1C. The van der Waals surface area contributed by atoms with Gasteiger partial charge in [0.1, 0.15) is 0 Å². The monoisotopic (exact) mass is 376 g/mol. The quantitative estimate of drug-likeness (QED) is 0.803. The van der Waals surface area contributed by atoms with Crippen LogP contribution in [0.2, 0.25) is 5.02 Å². The van der Waals surface area contributed by atoms with Crippen LogP contribution in [0.15, 0.2) is 28.6 Å². The second-order valence-corrected chi connectivity index (χ2v) is 7.50. The maximum atomic E-state index is 12.3. The fourth-order valence-electron chi connectivity index (χ4n) is 1.51. The summed E-state index contributed by atoms with van der Waals surface area (Å²) in [7, 11) is -3.89. The molecule has 0 aliphatic heterocycles. The Balaban J connectivity index is 2.20. The number of benzene rings is 1. The predicted octanol–water partition coefficient (Wildman–Crippen LogP) is 3.44. The second-order valence-electron chi connectivity index (χ2n) is 4.25. The first-order valence-electron chi connectivity index (χ1n) is 6.42. The molecule has 1 N–H and O–H groups in total. The van der Waals surface area contributed by atoms with E-state index in [1.54, 1.807) is 19.1 Å². The zero-order valence-electron chi connectivity index (χ0n) is 12.2. The van der Waals surface area contributed by atoms with E-state index < -0.39 is 16.2 Å². The molecule has 23 heavy (non-hydrogen) atoms. The molecule has 124 valence electrons. The molecule has 0 saturated heterocycles. The highest BCUT2D eigenvalue weighted by atomic mass is 35.5. The molecule has 0 spiro atoms. The standard InChI is InChI=1S/C13H13ClN2O5S2/c1-3-20-13(17)21-11-8(2)15-12(22-11)23(18,19)16-10-6-4-9(14)5-7-10/h4-7,16H,3H2,1-2H3. The van der Waals surface area contributed by atoms with E-state index >= 15 is 0 Å². The van der Waals surface area contributed by atoms with Gasteiger partial charge in [-0.2, -0.15) is 8.42 Å². The summed E-state index contributed by atoms with van der Waals surface area (Å²) in [5, 5.41) is 0.558. The molecule has 0 atom stereocenters. The fourth-order valence-corrected chi connectivity index (χ4v) is 3.86. The Bertz CT molecular complexity index is 802. The van der Waals surface area contributed by atoms with Crippen LogP contribution in [-0.2, 0) is 14.8 Å². The van der Waals surface area contributed by atoms with Crippen molar-refractivity contribution in [1.82, 2.24) is 4.98 Å². The molecule has 0 unspecified atom stereocenters. The number of nitrogens with zero attached hydrogens (tertiary/aromatic N) is 1. The number of hydrogen-bond donors (Lipinski definition) is 1. The molecule has 0 aliphatic rings. The molecule has 0 bridgehead atoms. The minimum Gasteiger partial charge on any atom is -0.434 e. The number of carbonyl (C=O) groups is 1. The molecule has 0 amide bonds. The zero-order chi connectivity index (χ0) is 17.0. The van der Waals surface area contributed by atoms with Gasteiger partial charge in [0.05, 0.1) is 12.3 Å². The Labute approximate surface area is 142 Å². The summed E-state index contributed by atoms with van der Waals surface area (Å²) in [4.78, 5) is 15.2. The van der Waals surface area contributed by atoms with Gasteiger partial charge in [-0.25, -0.2) is 9.78 Å². The van der Waals surface area contributed by atoms with Crippen molar-refractivity contribution < 1.29 is 22.7 Å². The normalized spacial score (nSPS) is 11.1. The molecule has 2 aromatic rings. The lowest BCUT2D eigenvalue weighted by atomic mass is 10.3. The minimum absolute atomic E-state index is 0.0694. The number of halogens is 1. The van der Waals surface area contributed by atoms with E-state index in [-0.39, 0.29) is 21.7 Å². The average molecular weight is 377 g/mol. The lowest BCUT2D eigenvalue weighted by Crippen LogP contribution is -2.12. The molecule has 0 aliphatic carbocycles. The van der Waals surface area contributed by atoms with Crippen molar-refractivity contribution in [2.45, 2.75) is 18.2 Å². The van der Waals surface area contributed by atoms with Crippen LogP contribution in [-0.4, -0.2) is 26.2 Å². The number of sulfonamides is 1. The smallest absolute Gasteiger partial charge is 0.434 e. The third-order valence-electron chi connectivity index (χ3n) is 2.50. The molecular formula is C13H13ClN2O5S2. The lowest BCUT2D eigenvalue weighted by Gasteiger charge is -2.05. The number of aryl methyl sites for hydroxylation is 1. The first-order chi connectivity index (χ1) is 10.8. The van der Waals surface area contributed by atoms with Crippen molar-refractivity contribution in [2.24, 2.45) is 0 Å². The maximum Gasteiger partial charge on any atom is 0.514 e. The van der Waals surface area contributed by atoms with E-state index in [4.69, 9.17) is 16.3 Å². The summed E-state index contributed by atoms with van der Waals surface area (Å²) in [6, 6.07) is 6.16. The topological polar surface area (TPSA) is 94.6 Å². The first kappa shape index (κ1) is 17.5. The highest BCUT2D eigenvalue weighted by Gasteiger charge is 2.23. The van der Waals surface area contributed by atoms with Crippen molar-refractivity contribution in [3.8, 4) is 5.06 Å². The predicted molar refractivity (Wildman–Crippen MR) is 86.8 cm³/mol. The van der Waals surface area contributed by atoms with Crippen molar-refractivity contribution in [1.29, 1.82) is 0 Å². The van der Waals surface area contributed by atoms with Gasteiger partial charge >= 0.3 is 6.16 Å². The summed E-state index contributed by atoms with van der Waals surface area (Å²) < 4.78 is 36.3. The van der Waals surface area contributed by atoms with Crippen LogP contribution in [0.5, 0.6) is 5.06 Å². The Hall–Kier alpha value is -1.84. The summed E-state index contributed by atoms with van der Waals surface area (Å²) in [6.45, 7) is 3.32. The molecular weight excluding hydrogens is 364 g/mol. The van der Waals surface area contributed by atoms with E-state index in [1.807, 2.05) is 0 Å². The van der Waals surface area contributed by atoms with Gasteiger partial charge in [-0.3, -0.25) is 4.72 Å². The average Bonchev–Trinajstić information content (AvgIpc) is 2.84. The van der Waals surface area contributed by atoms with Crippen LogP contribution in [0, 0.1) is 6.92 Å². The molecule has 1 aromatic heterocycles. The van der Waals surface area contributed by atoms with Gasteiger partial charge in [0.15, 0.2) is 0 Å². The van der Waals surface area contributed by atoms with Crippen LogP contribution in [0.3, 0.4) is 0 Å². The molecule has 1 heterocycles. The number of ether oxygens (including phenoxy) is 2. The van der Waals surface area contributed by atoms with Gasteiger partial charge in [-0.15, -0.1) is 0 Å². The van der Waals surface area contributed by atoms with Gasteiger partial charge in [0.25, 0.3) is 10.0 Å². The van der Waals surface area contributed by atoms with Crippen molar-refractivity contribution >= 4 is 44.8 Å². The number of aromatic nitrogens is 1. The lowest BCUT2D eigenvalue weighted by molar-refractivity contribution is 0.105. The summed E-state index contributed by atoms with van der Waals surface area (Å²) in [5.41, 5.74) is 0.620.